The van der Waals surface area contributed by atoms with E-state index in [9.17, 15) is 43.2 Å². The number of aliphatic hydroxyl groups excluding tert-OH is 1. The van der Waals surface area contributed by atoms with Crippen molar-refractivity contribution in [2.45, 2.75) is 420 Å². The van der Waals surface area contributed by atoms with E-state index in [1.54, 1.807) is 0 Å². The molecule has 0 aliphatic heterocycles. The van der Waals surface area contributed by atoms with Crippen LogP contribution in [-0.4, -0.2) is 96.7 Å². The van der Waals surface area contributed by atoms with Crippen LogP contribution in [-0.2, 0) is 65.4 Å². The number of phosphoric acid groups is 2. The first-order valence-corrected chi connectivity index (χ1v) is 43.7. The van der Waals surface area contributed by atoms with Crippen molar-refractivity contribution in [3.63, 3.8) is 0 Å². The number of hydrogen-bond acceptors (Lipinski definition) is 15. The number of carbonyl (C=O) groups excluding carboxylic acids is 4. The first-order chi connectivity index (χ1) is 47.1. The lowest BCUT2D eigenvalue weighted by Crippen LogP contribution is -2.30. The summed E-state index contributed by atoms with van der Waals surface area (Å²) in [6, 6.07) is 0. The second-order valence-corrected chi connectivity index (χ2v) is 33.0. The van der Waals surface area contributed by atoms with E-state index in [4.69, 9.17) is 37.0 Å². The van der Waals surface area contributed by atoms with E-state index < -0.39 is 97.5 Å². The molecule has 0 saturated heterocycles. The summed E-state index contributed by atoms with van der Waals surface area (Å²) in [5.41, 5.74) is 0. The molecule has 0 aliphatic carbocycles. The Kier molecular flexibility index (Phi) is 66.8. The Hall–Kier alpha value is -1.94. The van der Waals surface area contributed by atoms with Gasteiger partial charge in [-0.2, -0.15) is 0 Å². The van der Waals surface area contributed by atoms with Crippen molar-refractivity contribution in [1.82, 2.24) is 0 Å². The van der Waals surface area contributed by atoms with Crippen molar-refractivity contribution >= 4 is 39.5 Å². The van der Waals surface area contributed by atoms with E-state index in [1.165, 1.54) is 205 Å². The van der Waals surface area contributed by atoms with Gasteiger partial charge < -0.3 is 33.8 Å². The zero-order chi connectivity index (χ0) is 72.4. The van der Waals surface area contributed by atoms with Gasteiger partial charge in [-0.1, -0.05) is 351 Å². The quantitative estimate of drug-likeness (QED) is 0.0222. The van der Waals surface area contributed by atoms with Crippen LogP contribution >= 0.6 is 15.6 Å². The van der Waals surface area contributed by atoms with Gasteiger partial charge in [-0.25, -0.2) is 9.13 Å². The van der Waals surface area contributed by atoms with Gasteiger partial charge in [0.1, 0.15) is 19.3 Å². The summed E-state index contributed by atoms with van der Waals surface area (Å²) < 4.78 is 68.7. The summed E-state index contributed by atoms with van der Waals surface area (Å²) in [6.45, 7) is 14.3. The Bertz CT molecular complexity index is 1920. The Morgan fingerprint density at radius 3 is 0.724 bits per heavy atom. The fraction of sp³-hybridized carbons (Fsp3) is 0.949. The lowest BCUT2D eigenvalue weighted by atomic mass is 9.99. The molecular formula is C79H154O17P2. The molecule has 19 heteroatoms. The molecule has 0 spiro atoms. The molecule has 0 amide bonds. The van der Waals surface area contributed by atoms with E-state index in [2.05, 4.69) is 55.4 Å². The fourth-order valence-electron chi connectivity index (χ4n) is 12.0. The van der Waals surface area contributed by atoms with E-state index >= 15 is 0 Å². The highest BCUT2D eigenvalue weighted by molar-refractivity contribution is 7.47. The number of hydrogen-bond donors (Lipinski definition) is 3. The third-order valence-corrected chi connectivity index (χ3v) is 20.6. The molecule has 98 heavy (non-hydrogen) atoms. The Balaban J connectivity index is 5.28. The summed E-state index contributed by atoms with van der Waals surface area (Å²) in [5.74, 6) is 1.01. The molecule has 0 bridgehead atoms. The van der Waals surface area contributed by atoms with E-state index in [-0.39, 0.29) is 25.7 Å². The first-order valence-electron chi connectivity index (χ1n) is 40.7. The lowest BCUT2D eigenvalue weighted by Gasteiger charge is -2.21. The van der Waals surface area contributed by atoms with Gasteiger partial charge in [-0.05, 0) is 49.4 Å². The van der Waals surface area contributed by atoms with Crippen molar-refractivity contribution < 1.29 is 80.2 Å². The molecule has 0 aromatic rings. The molecule has 0 aliphatic rings. The normalized spacial score (nSPS) is 14.3. The highest BCUT2D eigenvalue weighted by atomic mass is 31.2. The van der Waals surface area contributed by atoms with Gasteiger partial charge in [0.25, 0.3) is 0 Å². The predicted octanol–water partition coefficient (Wildman–Crippen LogP) is 23.2. The molecule has 17 nitrogen and oxygen atoms in total. The number of esters is 4. The number of rotatable bonds is 76. The third-order valence-electron chi connectivity index (χ3n) is 18.7. The average molecular weight is 1440 g/mol. The Morgan fingerprint density at radius 1 is 0.286 bits per heavy atom. The number of phosphoric ester groups is 2. The fourth-order valence-corrected chi connectivity index (χ4v) is 13.6. The summed E-state index contributed by atoms with van der Waals surface area (Å²) in [7, 11) is -9.92. The van der Waals surface area contributed by atoms with Crippen LogP contribution in [0, 0.1) is 23.7 Å². The predicted molar refractivity (Wildman–Crippen MR) is 400 cm³/mol. The smallest absolute Gasteiger partial charge is 0.462 e. The second-order valence-electron chi connectivity index (χ2n) is 30.1. The topological polar surface area (TPSA) is 237 Å². The monoisotopic (exact) mass is 1440 g/mol. The number of unbranched alkanes of at least 4 members (excludes halogenated alkanes) is 41. The van der Waals surface area contributed by atoms with Crippen LogP contribution in [0.5, 0.6) is 0 Å². The Labute approximate surface area is 600 Å². The molecule has 3 N–H and O–H groups in total. The van der Waals surface area contributed by atoms with Crippen LogP contribution in [0.3, 0.4) is 0 Å². The van der Waals surface area contributed by atoms with E-state index in [0.29, 0.717) is 25.7 Å². The number of carbonyl (C=O) groups is 4. The molecule has 0 radical (unpaired) electrons. The van der Waals surface area contributed by atoms with Crippen molar-refractivity contribution in [1.29, 1.82) is 0 Å². The van der Waals surface area contributed by atoms with Gasteiger partial charge in [0.05, 0.1) is 26.4 Å². The van der Waals surface area contributed by atoms with Gasteiger partial charge in [-0.15, -0.1) is 0 Å². The molecule has 3 unspecified atom stereocenters. The zero-order valence-electron chi connectivity index (χ0n) is 64.4. The molecule has 0 fully saturated rings. The first kappa shape index (κ1) is 96.1. The SMILES string of the molecule is CCC(C)CCCCCCCCCCCCC(=O)O[C@H](COC(=O)CCCCCCCCCCCC(C)C)COP(=O)(O)OC[C@H](O)COP(=O)(O)OC[C@@H](COC(=O)CCCCCCCCCCCCCCC(C)C)OC(=O)CCCCCCCCCCCCCCCCC(C)C. The molecule has 0 aromatic carbocycles. The molecule has 0 rings (SSSR count). The minimum Gasteiger partial charge on any atom is -0.462 e. The van der Waals surface area contributed by atoms with Crippen LogP contribution in [0.25, 0.3) is 0 Å². The third kappa shape index (κ3) is 71.1. The largest absolute Gasteiger partial charge is 0.472 e. The van der Waals surface area contributed by atoms with Gasteiger partial charge in [0.2, 0.25) is 0 Å². The second kappa shape index (κ2) is 68.2. The van der Waals surface area contributed by atoms with Gasteiger partial charge in [0, 0.05) is 25.7 Å². The van der Waals surface area contributed by atoms with Gasteiger partial charge >= 0.3 is 39.5 Å². The minimum atomic E-state index is -4.96. The van der Waals surface area contributed by atoms with Gasteiger partial charge in [0.15, 0.2) is 12.2 Å². The lowest BCUT2D eigenvalue weighted by molar-refractivity contribution is -0.161. The zero-order valence-corrected chi connectivity index (χ0v) is 66.2. The maximum Gasteiger partial charge on any atom is 0.472 e. The van der Waals surface area contributed by atoms with Crippen LogP contribution in [0.2, 0.25) is 0 Å². The van der Waals surface area contributed by atoms with Crippen molar-refractivity contribution in [2.24, 2.45) is 23.7 Å². The summed E-state index contributed by atoms with van der Waals surface area (Å²) >= 11 is 0. The summed E-state index contributed by atoms with van der Waals surface area (Å²) in [4.78, 5) is 73.0. The molecule has 6 atom stereocenters. The molecular weight excluding hydrogens is 1280 g/mol. The van der Waals surface area contributed by atoms with Crippen LogP contribution in [0.1, 0.15) is 402 Å². The molecule has 582 valence electrons. The minimum absolute atomic E-state index is 0.106. The average Bonchev–Trinajstić information content (AvgIpc) is 0.980. The van der Waals surface area contributed by atoms with Gasteiger partial charge in [-0.3, -0.25) is 37.3 Å². The van der Waals surface area contributed by atoms with Crippen LogP contribution in [0.15, 0.2) is 0 Å². The van der Waals surface area contributed by atoms with Crippen molar-refractivity contribution in [3.8, 4) is 0 Å². The summed E-state index contributed by atoms with van der Waals surface area (Å²) in [5, 5.41) is 10.6. The highest BCUT2D eigenvalue weighted by Crippen LogP contribution is 2.45. The van der Waals surface area contributed by atoms with Crippen molar-refractivity contribution in [3.05, 3.63) is 0 Å². The maximum atomic E-state index is 13.1. The number of ether oxygens (including phenoxy) is 4. The maximum absolute atomic E-state index is 13.1. The van der Waals surface area contributed by atoms with E-state index in [1.807, 2.05) is 0 Å². The summed E-state index contributed by atoms with van der Waals surface area (Å²) in [6.07, 6.45) is 53.9. The molecule has 0 heterocycles. The highest BCUT2D eigenvalue weighted by Gasteiger charge is 2.30. The standard InChI is InChI=1S/C79H154O17P2/c1-9-72(8)58-50-42-34-26-20-21-29-38-46-54-62-79(84)96-75(66-90-77(82)60-52-44-36-30-22-25-33-41-49-57-71(6)7)68-94-98(87,88)92-64-73(80)63-91-97(85,86)93-67-74(65-89-76(81)59-51-43-35-27-18-15-14-17-24-32-40-48-56-70(4)5)95-78(83)61-53-45-37-28-19-13-11-10-12-16-23-31-39-47-55-69(2)3/h69-75,80H,9-68H2,1-8H3,(H,85,86)(H,87,88)/t72?,73-,74-,75-/m1/s1. The van der Waals surface area contributed by atoms with Crippen molar-refractivity contribution in [2.75, 3.05) is 39.6 Å². The van der Waals surface area contributed by atoms with Crippen LogP contribution in [0.4, 0.5) is 0 Å². The molecule has 0 aromatic heterocycles. The van der Waals surface area contributed by atoms with Crippen LogP contribution < -0.4 is 0 Å². The molecule has 0 saturated carbocycles. The van der Waals surface area contributed by atoms with E-state index in [0.717, 1.165) is 114 Å². The number of aliphatic hydroxyl groups is 1. The Morgan fingerprint density at radius 2 is 0.490 bits per heavy atom.